The average molecular weight is 795 g/mol. The van der Waals surface area contributed by atoms with Crippen molar-refractivity contribution in [1.29, 1.82) is 0 Å². The normalized spacial score (nSPS) is 14.3. The fraction of sp³-hybridized carbons (Fsp3) is 0.0345. The third kappa shape index (κ3) is 5.99. The summed E-state index contributed by atoms with van der Waals surface area (Å²) in [6.45, 7) is 2.37. The van der Waals surface area contributed by atoms with Crippen LogP contribution in [0.4, 0.5) is 0 Å². The average Bonchev–Trinajstić information content (AvgIpc) is 4.05. The van der Waals surface area contributed by atoms with Crippen LogP contribution in [0.25, 0.3) is 101 Å². The van der Waals surface area contributed by atoms with E-state index in [1.165, 1.54) is 38.9 Å². The molecule has 0 fully saturated rings. The van der Waals surface area contributed by atoms with Gasteiger partial charge in [0.25, 0.3) is 0 Å². The first-order valence-corrected chi connectivity index (χ1v) is 21.0. The highest BCUT2D eigenvalue weighted by atomic mass is 16.4. The highest BCUT2D eigenvalue weighted by Crippen LogP contribution is 2.53. The number of para-hydroxylation sites is 4. The topological polar surface area (TPSA) is 52.1 Å². The maximum Gasteiger partial charge on any atom is 0.227 e. The van der Waals surface area contributed by atoms with Crippen molar-refractivity contribution >= 4 is 22.2 Å². The molecule has 0 saturated heterocycles. The minimum absolute atomic E-state index is 0.230. The van der Waals surface area contributed by atoms with Gasteiger partial charge < -0.3 is 8.83 Å². The fourth-order valence-electron chi connectivity index (χ4n) is 9.37. The van der Waals surface area contributed by atoms with Crippen LogP contribution in [-0.4, -0.2) is 9.97 Å². The zero-order chi connectivity index (χ0) is 41.2. The summed E-state index contributed by atoms with van der Waals surface area (Å²) in [5.74, 6) is 1.23. The second-order valence-corrected chi connectivity index (χ2v) is 16.3. The lowest BCUT2D eigenvalue weighted by Gasteiger charge is -2.28. The van der Waals surface area contributed by atoms with Gasteiger partial charge in [-0.3, -0.25) is 0 Å². The first kappa shape index (κ1) is 35.8. The minimum atomic E-state index is -0.230. The minimum Gasteiger partial charge on any atom is -0.436 e. The molecule has 1 unspecified atom stereocenters. The summed E-state index contributed by atoms with van der Waals surface area (Å²) in [4.78, 5) is 9.48. The Labute approximate surface area is 359 Å². The van der Waals surface area contributed by atoms with Gasteiger partial charge in [0.15, 0.2) is 11.2 Å². The van der Waals surface area contributed by atoms with Crippen LogP contribution in [0.3, 0.4) is 0 Å². The van der Waals surface area contributed by atoms with Gasteiger partial charge in [0.1, 0.15) is 11.0 Å². The van der Waals surface area contributed by atoms with Gasteiger partial charge >= 0.3 is 0 Å². The fourth-order valence-corrected chi connectivity index (χ4v) is 9.37. The smallest absolute Gasteiger partial charge is 0.227 e. The van der Waals surface area contributed by atoms with Crippen LogP contribution in [-0.2, 0) is 5.41 Å². The van der Waals surface area contributed by atoms with E-state index in [0.717, 1.165) is 66.7 Å². The number of nitrogens with zero attached hydrogens (tertiary/aromatic N) is 2. The number of oxazole rings is 2. The molecule has 1 aliphatic carbocycles. The first-order chi connectivity index (χ1) is 30.5. The van der Waals surface area contributed by atoms with Crippen molar-refractivity contribution in [2.75, 3.05) is 0 Å². The molecule has 0 bridgehead atoms. The molecular weight excluding hydrogens is 757 g/mol. The van der Waals surface area contributed by atoms with Gasteiger partial charge in [-0.1, -0.05) is 133 Å². The molecule has 0 radical (unpaired) electrons. The third-order valence-corrected chi connectivity index (χ3v) is 12.6. The lowest BCUT2D eigenvalue weighted by molar-refractivity contribution is 0.619. The zero-order valence-corrected chi connectivity index (χ0v) is 33.9. The van der Waals surface area contributed by atoms with Crippen molar-refractivity contribution in [3.63, 3.8) is 0 Å². The predicted molar refractivity (Wildman–Crippen MR) is 252 cm³/mol. The number of hydrogen-bond acceptors (Lipinski definition) is 4. The van der Waals surface area contributed by atoms with E-state index in [1.54, 1.807) is 0 Å². The first-order valence-electron chi connectivity index (χ1n) is 21.0. The van der Waals surface area contributed by atoms with Gasteiger partial charge in [0.05, 0.1) is 0 Å². The lowest BCUT2D eigenvalue weighted by atomic mass is 9.74. The molecule has 0 N–H and O–H groups in total. The number of fused-ring (bicyclic) bond motifs is 5. The van der Waals surface area contributed by atoms with Crippen molar-refractivity contribution in [3.8, 4) is 78.5 Å². The number of aromatic nitrogens is 2. The summed E-state index contributed by atoms with van der Waals surface area (Å²) in [5.41, 5.74) is 20.6. The van der Waals surface area contributed by atoms with Gasteiger partial charge in [-0.2, -0.15) is 0 Å². The van der Waals surface area contributed by atoms with Crippen molar-refractivity contribution in [1.82, 2.24) is 9.97 Å². The van der Waals surface area contributed by atoms with Gasteiger partial charge in [-0.25, -0.2) is 9.97 Å². The predicted octanol–water partition coefficient (Wildman–Crippen LogP) is 15.3. The van der Waals surface area contributed by atoms with Crippen molar-refractivity contribution in [2.24, 2.45) is 0 Å². The highest BCUT2D eigenvalue weighted by molar-refractivity contribution is 5.88. The second kappa shape index (κ2) is 14.3. The van der Waals surface area contributed by atoms with E-state index in [1.807, 2.05) is 48.5 Å². The van der Waals surface area contributed by atoms with Gasteiger partial charge in [0.2, 0.25) is 11.8 Å². The van der Waals surface area contributed by atoms with Crippen molar-refractivity contribution < 1.29 is 8.83 Å². The molecule has 4 heteroatoms. The quantitative estimate of drug-likeness (QED) is 0.161. The molecule has 1 aliphatic rings. The number of rotatable bonds is 7. The molecule has 2 aromatic heterocycles. The molecule has 0 amide bonds. The molecular formula is C58H38N2O2. The molecule has 1 atom stereocenters. The van der Waals surface area contributed by atoms with E-state index < -0.39 is 0 Å². The van der Waals surface area contributed by atoms with Gasteiger partial charge in [0, 0.05) is 16.5 Å². The molecule has 0 aliphatic heterocycles. The van der Waals surface area contributed by atoms with Crippen LogP contribution in [0.1, 0.15) is 23.6 Å². The molecule has 2 heterocycles. The van der Waals surface area contributed by atoms with Crippen LogP contribution < -0.4 is 0 Å². The molecule has 62 heavy (non-hydrogen) atoms. The summed E-state index contributed by atoms with van der Waals surface area (Å²) in [6.07, 6.45) is 0. The van der Waals surface area contributed by atoms with E-state index in [0.29, 0.717) is 11.8 Å². The Morgan fingerprint density at radius 3 is 1.35 bits per heavy atom. The Balaban J connectivity index is 0.941. The van der Waals surface area contributed by atoms with E-state index >= 15 is 0 Å². The lowest BCUT2D eigenvalue weighted by Crippen LogP contribution is -2.22. The third-order valence-electron chi connectivity index (χ3n) is 12.6. The molecule has 292 valence electrons. The summed E-state index contributed by atoms with van der Waals surface area (Å²) in [5, 5.41) is 0. The van der Waals surface area contributed by atoms with Gasteiger partial charge in [-0.05, 0) is 158 Å². The Hall–Kier alpha value is -8.08. The number of benzene rings is 9. The monoisotopic (exact) mass is 794 g/mol. The zero-order valence-electron chi connectivity index (χ0n) is 33.9. The Morgan fingerprint density at radius 1 is 0.323 bits per heavy atom. The largest absolute Gasteiger partial charge is 0.436 e. The van der Waals surface area contributed by atoms with E-state index in [9.17, 15) is 0 Å². The Morgan fingerprint density at radius 2 is 0.758 bits per heavy atom. The summed E-state index contributed by atoms with van der Waals surface area (Å²) >= 11 is 0. The van der Waals surface area contributed by atoms with Crippen LogP contribution in [0.2, 0.25) is 0 Å². The standard InChI is InChI=1S/C58H38N2O2/c1-58(47-14-3-2-4-15-47)50-17-6-5-16-48(50)49-36-43(30-31-51(49)58)41-12-11-13-42(32-41)46-34-44(37-22-26-39(27-23-37)56-59-52-18-7-9-20-54(52)61-56)33-45(35-46)38-24-28-40(29-25-38)57-60-53-19-8-10-21-55(53)62-57/h2-36H,1H3. The maximum absolute atomic E-state index is 6.11. The van der Waals surface area contributed by atoms with Crippen LogP contribution in [0.15, 0.2) is 221 Å². The molecule has 11 aromatic rings. The SMILES string of the molecule is CC1(c2ccccc2)c2ccccc2-c2cc(-c3cccc(-c4cc(-c5ccc(-c6nc7ccccc7o6)cc5)cc(-c5ccc(-c6nc7ccccc7o6)cc5)c4)c3)ccc21. The number of hydrogen-bond donors (Lipinski definition) is 0. The molecule has 0 spiro atoms. The van der Waals surface area contributed by atoms with E-state index in [-0.39, 0.29) is 5.41 Å². The maximum atomic E-state index is 6.11. The van der Waals surface area contributed by atoms with Crippen LogP contribution >= 0.6 is 0 Å². The van der Waals surface area contributed by atoms with E-state index in [2.05, 4.69) is 171 Å². The molecule has 4 nitrogen and oxygen atoms in total. The van der Waals surface area contributed by atoms with Crippen molar-refractivity contribution in [3.05, 3.63) is 229 Å². The molecule has 9 aromatic carbocycles. The van der Waals surface area contributed by atoms with Crippen LogP contribution in [0, 0.1) is 0 Å². The second-order valence-electron chi connectivity index (χ2n) is 16.3. The molecule has 0 saturated carbocycles. The Bertz CT molecular complexity index is 3270. The van der Waals surface area contributed by atoms with Gasteiger partial charge in [-0.15, -0.1) is 0 Å². The summed E-state index contributed by atoms with van der Waals surface area (Å²) in [6, 6.07) is 75.4. The van der Waals surface area contributed by atoms with Crippen molar-refractivity contribution in [2.45, 2.75) is 12.3 Å². The summed E-state index contributed by atoms with van der Waals surface area (Å²) in [7, 11) is 0. The molecule has 12 rings (SSSR count). The summed E-state index contributed by atoms with van der Waals surface area (Å²) < 4.78 is 12.2. The Kier molecular flexibility index (Phi) is 8.26. The van der Waals surface area contributed by atoms with E-state index in [4.69, 9.17) is 18.8 Å². The highest BCUT2D eigenvalue weighted by Gasteiger charge is 2.40. The van der Waals surface area contributed by atoms with Crippen LogP contribution in [0.5, 0.6) is 0 Å².